The van der Waals surface area contributed by atoms with Crippen LogP contribution in [0.1, 0.15) is 30.6 Å². The van der Waals surface area contributed by atoms with Crippen LogP contribution in [0.4, 0.5) is 0 Å². The van der Waals surface area contributed by atoms with Gasteiger partial charge in [0, 0.05) is 22.0 Å². The molecule has 90 valence electrons. The molecule has 0 aliphatic carbocycles. The van der Waals surface area contributed by atoms with E-state index in [1.165, 1.54) is 10.5 Å². The maximum absolute atomic E-state index is 5.98. The molecule has 1 aromatic heterocycles. The number of aryl methyl sites for hydroxylation is 1. The highest BCUT2D eigenvalue weighted by Crippen LogP contribution is 2.30. The lowest BCUT2D eigenvalue weighted by Gasteiger charge is -2.09. The van der Waals surface area contributed by atoms with Crippen molar-refractivity contribution >= 4 is 23.1 Å². The molecular formula is C13H16N2S2. The second-order valence-electron chi connectivity index (χ2n) is 3.94. The topological polar surface area (TPSA) is 38.9 Å². The molecule has 1 unspecified atom stereocenters. The van der Waals surface area contributed by atoms with Crippen LogP contribution in [0.2, 0.25) is 0 Å². The van der Waals surface area contributed by atoms with Crippen LogP contribution in [-0.2, 0) is 0 Å². The van der Waals surface area contributed by atoms with E-state index in [1.807, 2.05) is 6.92 Å². The minimum absolute atomic E-state index is 0.149. The van der Waals surface area contributed by atoms with Crippen LogP contribution >= 0.6 is 23.1 Å². The van der Waals surface area contributed by atoms with Crippen LogP contribution < -0.4 is 5.73 Å². The highest BCUT2D eigenvalue weighted by atomic mass is 32.2. The van der Waals surface area contributed by atoms with Crippen molar-refractivity contribution in [2.75, 3.05) is 0 Å². The van der Waals surface area contributed by atoms with Crippen LogP contribution in [0.5, 0.6) is 0 Å². The summed E-state index contributed by atoms with van der Waals surface area (Å²) >= 11 is 3.39. The van der Waals surface area contributed by atoms with Crippen LogP contribution in [0.25, 0.3) is 0 Å². The molecular weight excluding hydrogens is 248 g/mol. The predicted octanol–water partition coefficient (Wildman–Crippen LogP) is 4.01. The third-order valence-corrected chi connectivity index (χ3v) is 4.62. The number of benzene rings is 1. The third kappa shape index (κ3) is 3.31. The molecule has 0 radical (unpaired) electrons. The number of hydrogen-bond acceptors (Lipinski definition) is 4. The van der Waals surface area contributed by atoms with Gasteiger partial charge in [-0.25, -0.2) is 4.98 Å². The molecule has 0 amide bonds. The first-order chi connectivity index (χ1) is 8.19. The summed E-state index contributed by atoms with van der Waals surface area (Å²) in [6, 6.07) is 8.60. The molecule has 0 fully saturated rings. The van der Waals surface area contributed by atoms with Crippen LogP contribution in [0, 0.1) is 6.92 Å². The Kier molecular flexibility index (Phi) is 4.20. The minimum Gasteiger partial charge on any atom is -0.324 e. The number of rotatable bonds is 4. The molecule has 17 heavy (non-hydrogen) atoms. The molecule has 1 heterocycles. The summed E-state index contributed by atoms with van der Waals surface area (Å²) < 4.78 is 1.09. The predicted molar refractivity (Wildman–Crippen MR) is 74.6 cm³/mol. The average molecular weight is 264 g/mol. The standard InChI is InChI=1S/C13H16N2S2/c1-3-12(14)10-4-6-11(7-5-10)17-13-15-9(2)8-16-13/h4-8,12H,3,14H2,1-2H3. The quantitative estimate of drug-likeness (QED) is 0.906. The van der Waals surface area contributed by atoms with Crippen molar-refractivity contribution in [2.45, 2.75) is 35.5 Å². The van der Waals surface area contributed by atoms with Gasteiger partial charge >= 0.3 is 0 Å². The smallest absolute Gasteiger partial charge is 0.154 e. The Morgan fingerprint density at radius 2 is 2.06 bits per heavy atom. The van der Waals surface area contributed by atoms with E-state index < -0.39 is 0 Å². The summed E-state index contributed by atoms with van der Waals surface area (Å²) in [7, 11) is 0. The van der Waals surface area contributed by atoms with E-state index in [2.05, 4.69) is 41.6 Å². The van der Waals surface area contributed by atoms with Crippen molar-refractivity contribution in [3.63, 3.8) is 0 Å². The summed E-state index contributed by atoms with van der Waals surface area (Å²) in [6.45, 7) is 4.12. The van der Waals surface area contributed by atoms with Crippen molar-refractivity contribution in [3.05, 3.63) is 40.9 Å². The molecule has 0 saturated carbocycles. The maximum Gasteiger partial charge on any atom is 0.154 e. The second-order valence-corrected chi connectivity index (χ2v) is 6.12. The van der Waals surface area contributed by atoms with Gasteiger partial charge in [-0.2, -0.15) is 0 Å². The zero-order valence-corrected chi connectivity index (χ0v) is 11.6. The first-order valence-corrected chi connectivity index (χ1v) is 7.34. The Morgan fingerprint density at radius 3 is 2.59 bits per heavy atom. The molecule has 2 nitrogen and oxygen atoms in total. The molecule has 4 heteroatoms. The molecule has 0 aliphatic heterocycles. The van der Waals surface area contributed by atoms with Crippen LogP contribution in [0.15, 0.2) is 38.9 Å². The maximum atomic E-state index is 5.98. The van der Waals surface area contributed by atoms with Gasteiger partial charge in [0.2, 0.25) is 0 Å². The zero-order chi connectivity index (χ0) is 12.3. The molecule has 0 bridgehead atoms. The van der Waals surface area contributed by atoms with Gasteiger partial charge in [-0.15, -0.1) is 11.3 Å². The molecule has 1 aromatic carbocycles. The number of hydrogen-bond donors (Lipinski definition) is 1. The average Bonchev–Trinajstić information content (AvgIpc) is 2.75. The Balaban J connectivity index is 2.08. The molecule has 0 saturated heterocycles. The minimum atomic E-state index is 0.149. The molecule has 0 aliphatic rings. The number of nitrogens with two attached hydrogens (primary N) is 1. The number of nitrogens with zero attached hydrogens (tertiary/aromatic N) is 1. The van der Waals surface area contributed by atoms with Gasteiger partial charge in [-0.1, -0.05) is 30.8 Å². The van der Waals surface area contributed by atoms with Crippen molar-refractivity contribution < 1.29 is 0 Å². The van der Waals surface area contributed by atoms with E-state index in [0.29, 0.717) is 0 Å². The van der Waals surface area contributed by atoms with Crippen molar-refractivity contribution in [1.29, 1.82) is 0 Å². The van der Waals surface area contributed by atoms with E-state index in [4.69, 9.17) is 5.73 Å². The van der Waals surface area contributed by atoms with Gasteiger partial charge in [0.05, 0.1) is 0 Å². The van der Waals surface area contributed by atoms with Gasteiger partial charge in [-0.3, -0.25) is 0 Å². The lowest BCUT2D eigenvalue weighted by molar-refractivity contribution is 0.698. The lowest BCUT2D eigenvalue weighted by Crippen LogP contribution is -2.07. The molecule has 2 rings (SSSR count). The van der Waals surface area contributed by atoms with Gasteiger partial charge in [-0.05, 0) is 31.0 Å². The molecule has 0 spiro atoms. The first kappa shape index (κ1) is 12.6. The van der Waals surface area contributed by atoms with E-state index in [0.717, 1.165) is 16.5 Å². The Bertz CT molecular complexity index is 476. The molecule has 2 N–H and O–H groups in total. The van der Waals surface area contributed by atoms with Crippen molar-refractivity contribution in [3.8, 4) is 0 Å². The fourth-order valence-corrected chi connectivity index (χ4v) is 3.31. The summed E-state index contributed by atoms with van der Waals surface area (Å²) in [5.74, 6) is 0. The third-order valence-electron chi connectivity index (χ3n) is 2.55. The summed E-state index contributed by atoms with van der Waals surface area (Å²) in [4.78, 5) is 5.65. The Hall–Kier alpha value is -0.840. The summed E-state index contributed by atoms with van der Waals surface area (Å²) in [5, 5.41) is 2.07. The van der Waals surface area contributed by atoms with E-state index in [-0.39, 0.29) is 6.04 Å². The Morgan fingerprint density at radius 1 is 1.35 bits per heavy atom. The fraction of sp³-hybridized carbons (Fsp3) is 0.308. The highest BCUT2D eigenvalue weighted by Gasteiger charge is 2.05. The van der Waals surface area contributed by atoms with Gasteiger partial charge in [0.1, 0.15) is 0 Å². The highest BCUT2D eigenvalue weighted by molar-refractivity contribution is 8.01. The largest absolute Gasteiger partial charge is 0.324 e. The second kappa shape index (κ2) is 5.67. The van der Waals surface area contributed by atoms with Crippen LogP contribution in [0.3, 0.4) is 0 Å². The Labute approximate surface area is 110 Å². The number of aromatic nitrogens is 1. The zero-order valence-electron chi connectivity index (χ0n) is 10.0. The molecule has 1 atom stereocenters. The van der Waals surface area contributed by atoms with Gasteiger partial charge in [0.25, 0.3) is 0 Å². The fourth-order valence-electron chi connectivity index (χ4n) is 1.50. The SMILES string of the molecule is CCC(N)c1ccc(Sc2nc(C)cs2)cc1. The lowest BCUT2D eigenvalue weighted by atomic mass is 10.1. The normalized spacial score (nSPS) is 12.6. The van der Waals surface area contributed by atoms with Gasteiger partial charge < -0.3 is 5.73 Å². The summed E-state index contributed by atoms with van der Waals surface area (Å²) in [5.41, 5.74) is 8.27. The first-order valence-electron chi connectivity index (χ1n) is 5.64. The van der Waals surface area contributed by atoms with E-state index in [1.54, 1.807) is 23.1 Å². The van der Waals surface area contributed by atoms with Gasteiger partial charge in [0.15, 0.2) is 4.34 Å². The van der Waals surface area contributed by atoms with Crippen LogP contribution in [-0.4, -0.2) is 4.98 Å². The van der Waals surface area contributed by atoms with Crippen molar-refractivity contribution in [1.82, 2.24) is 4.98 Å². The molecule has 2 aromatic rings. The van der Waals surface area contributed by atoms with E-state index >= 15 is 0 Å². The van der Waals surface area contributed by atoms with Crippen molar-refractivity contribution in [2.24, 2.45) is 5.73 Å². The summed E-state index contributed by atoms with van der Waals surface area (Å²) in [6.07, 6.45) is 0.970. The van der Waals surface area contributed by atoms with E-state index in [9.17, 15) is 0 Å². The monoisotopic (exact) mass is 264 g/mol. The number of thiazole rings is 1.